The SMILES string of the molecule is Cc1cc(CNC(=O)Nc2cccc(C(F)(F)F)c2)nc(N(C)C)n1. The summed E-state index contributed by atoms with van der Waals surface area (Å²) in [6, 6.07) is 5.52. The summed E-state index contributed by atoms with van der Waals surface area (Å²) in [4.78, 5) is 22.2. The Morgan fingerprint density at radius 2 is 1.92 bits per heavy atom. The number of amides is 2. The molecule has 0 radical (unpaired) electrons. The molecule has 0 aliphatic heterocycles. The zero-order valence-corrected chi connectivity index (χ0v) is 14.0. The van der Waals surface area contributed by atoms with Gasteiger partial charge in [-0.2, -0.15) is 13.2 Å². The number of hydrogen-bond acceptors (Lipinski definition) is 4. The van der Waals surface area contributed by atoms with E-state index in [-0.39, 0.29) is 12.2 Å². The molecule has 25 heavy (non-hydrogen) atoms. The van der Waals surface area contributed by atoms with Crippen LogP contribution in [0.1, 0.15) is 17.0 Å². The van der Waals surface area contributed by atoms with Gasteiger partial charge < -0.3 is 15.5 Å². The van der Waals surface area contributed by atoms with Gasteiger partial charge in [0.15, 0.2) is 0 Å². The highest BCUT2D eigenvalue weighted by atomic mass is 19.4. The number of carbonyl (C=O) groups is 1. The van der Waals surface area contributed by atoms with Crippen molar-refractivity contribution in [3.8, 4) is 0 Å². The molecule has 6 nitrogen and oxygen atoms in total. The van der Waals surface area contributed by atoms with Crippen molar-refractivity contribution in [2.45, 2.75) is 19.6 Å². The standard InChI is InChI=1S/C16H18F3N5O/c1-10-7-13(22-14(21-10)24(2)3)9-20-15(25)23-12-6-4-5-11(8-12)16(17,18)19/h4-8H,9H2,1-3H3,(H2,20,23,25). The average molecular weight is 353 g/mol. The molecule has 9 heteroatoms. The number of carbonyl (C=O) groups excluding carboxylic acids is 1. The summed E-state index contributed by atoms with van der Waals surface area (Å²) in [5.41, 5.74) is 0.566. The van der Waals surface area contributed by atoms with Crippen molar-refractivity contribution in [1.82, 2.24) is 15.3 Å². The van der Waals surface area contributed by atoms with E-state index in [1.165, 1.54) is 12.1 Å². The van der Waals surface area contributed by atoms with E-state index in [0.717, 1.165) is 17.8 Å². The number of alkyl halides is 3. The molecule has 1 aromatic heterocycles. The molecule has 1 heterocycles. The third-order valence-corrected chi connectivity index (χ3v) is 3.17. The number of nitrogens with one attached hydrogen (secondary N) is 2. The number of nitrogens with zero attached hydrogens (tertiary/aromatic N) is 3. The van der Waals surface area contributed by atoms with Crippen molar-refractivity contribution in [2.75, 3.05) is 24.3 Å². The highest BCUT2D eigenvalue weighted by Crippen LogP contribution is 2.30. The third-order valence-electron chi connectivity index (χ3n) is 3.17. The Hall–Kier alpha value is -2.84. The minimum atomic E-state index is -4.46. The smallest absolute Gasteiger partial charge is 0.347 e. The molecular formula is C16H18F3N5O. The van der Waals surface area contributed by atoms with Crippen LogP contribution in [0.15, 0.2) is 30.3 Å². The predicted octanol–water partition coefficient (Wildman–Crippen LogP) is 3.19. The summed E-state index contributed by atoms with van der Waals surface area (Å²) in [6.45, 7) is 1.93. The van der Waals surface area contributed by atoms with Crippen molar-refractivity contribution >= 4 is 17.7 Å². The van der Waals surface area contributed by atoms with E-state index in [1.807, 2.05) is 0 Å². The molecule has 2 amide bonds. The van der Waals surface area contributed by atoms with Gasteiger partial charge in [-0.15, -0.1) is 0 Å². The normalized spacial score (nSPS) is 11.1. The number of hydrogen-bond donors (Lipinski definition) is 2. The highest BCUT2D eigenvalue weighted by Gasteiger charge is 2.30. The van der Waals surface area contributed by atoms with Gasteiger partial charge in [-0.25, -0.2) is 14.8 Å². The van der Waals surface area contributed by atoms with Crippen LogP contribution >= 0.6 is 0 Å². The number of rotatable bonds is 4. The zero-order valence-electron chi connectivity index (χ0n) is 14.0. The maximum absolute atomic E-state index is 12.7. The summed E-state index contributed by atoms with van der Waals surface area (Å²) >= 11 is 0. The Labute approximate surface area is 143 Å². The average Bonchev–Trinajstić information content (AvgIpc) is 2.52. The van der Waals surface area contributed by atoms with Gasteiger partial charge in [-0.05, 0) is 31.2 Å². The molecule has 0 saturated carbocycles. The van der Waals surface area contributed by atoms with Crippen LogP contribution in [0, 0.1) is 6.92 Å². The fourth-order valence-corrected chi connectivity index (χ4v) is 2.03. The summed E-state index contributed by atoms with van der Waals surface area (Å²) in [5, 5.41) is 4.93. The van der Waals surface area contributed by atoms with Gasteiger partial charge >= 0.3 is 12.2 Å². The maximum Gasteiger partial charge on any atom is 0.416 e. The van der Waals surface area contributed by atoms with Crippen LogP contribution in [0.2, 0.25) is 0 Å². The molecule has 0 unspecified atom stereocenters. The number of benzene rings is 1. The number of aromatic nitrogens is 2. The van der Waals surface area contributed by atoms with Crippen molar-refractivity contribution in [2.24, 2.45) is 0 Å². The van der Waals surface area contributed by atoms with Crippen molar-refractivity contribution in [1.29, 1.82) is 0 Å². The Balaban J connectivity index is 2.00. The molecule has 2 rings (SSSR count). The van der Waals surface area contributed by atoms with Gasteiger partial charge in [0.1, 0.15) is 0 Å². The van der Waals surface area contributed by atoms with Crippen LogP contribution in [0.4, 0.5) is 29.6 Å². The van der Waals surface area contributed by atoms with E-state index in [0.29, 0.717) is 11.6 Å². The number of urea groups is 1. The number of anilines is 2. The minimum absolute atomic E-state index is 0.0557. The lowest BCUT2D eigenvalue weighted by Crippen LogP contribution is -2.29. The molecule has 1 aromatic carbocycles. The quantitative estimate of drug-likeness (QED) is 0.886. The van der Waals surface area contributed by atoms with E-state index in [1.54, 1.807) is 32.0 Å². The van der Waals surface area contributed by atoms with E-state index in [4.69, 9.17) is 0 Å². The Morgan fingerprint density at radius 1 is 1.20 bits per heavy atom. The molecule has 0 aliphatic rings. The lowest BCUT2D eigenvalue weighted by Gasteiger charge is -2.13. The fourth-order valence-electron chi connectivity index (χ4n) is 2.03. The summed E-state index contributed by atoms with van der Waals surface area (Å²) in [7, 11) is 3.60. The van der Waals surface area contributed by atoms with Gasteiger partial charge in [0, 0.05) is 25.5 Å². The molecule has 2 N–H and O–H groups in total. The topological polar surface area (TPSA) is 70.2 Å². The number of halogens is 3. The van der Waals surface area contributed by atoms with Crippen LogP contribution in [0.5, 0.6) is 0 Å². The molecule has 0 atom stereocenters. The van der Waals surface area contributed by atoms with E-state index in [2.05, 4.69) is 20.6 Å². The largest absolute Gasteiger partial charge is 0.416 e. The van der Waals surface area contributed by atoms with Crippen molar-refractivity contribution in [3.05, 3.63) is 47.3 Å². The summed E-state index contributed by atoms with van der Waals surface area (Å²) in [5.74, 6) is 0.509. The van der Waals surface area contributed by atoms with Crippen molar-refractivity contribution in [3.63, 3.8) is 0 Å². The molecular weight excluding hydrogens is 335 g/mol. The summed E-state index contributed by atoms with van der Waals surface area (Å²) < 4.78 is 38.0. The van der Waals surface area contributed by atoms with E-state index in [9.17, 15) is 18.0 Å². The highest BCUT2D eigenvalue weighted by molar-refractivity contribution is 5.89. The van der Waals surface area contributed by atoms with Crippen LogP contribution < -0.4 is 15.5 Å². The molecule has 0 fully saturated rings. The fraction of sp³-hybridized carbons (Fsp3) is 0.312. The predicted molar refractivity (Wildman–Crippen MR) is 88.4 cm³/mol. The molecule has 2 aromatic rings. The lowest BCUT2D eigenvalue weighted by atomic mass is 10.2. The second kappa shape index (κ2) is 7.37. The zero-order chi connectivity index (χ0) is 18.6. The molecule has 0 bridgehead atoms. The Morgan fingerprint density at radius 3 is 2.56 bits per heavy atom. The molecule has 0 saturated heterocycles. The first-order valence-corrected chi connectivity index (χ1v) is 7.39. The lowest BCUT2D eigenvalue weighted by molar-refractivity contribution is -0.137. The molecule has 0 spiro atoms. The first-order valence-electron chi connectivity index (χ1n) is 7.39. The van der Waals surface area contributed by atoms with E-state index < -0.39 is 17.8 Å². The Kier molecular flexibility index (Phi) is 5.45. The van der Waals surface area contributed by atoms with Crippen LogP contribution in [0.3, 0.4) is 0 Å². The monoisotopic (exact) mass is 353 g/mol. The summed E-state index contributed by atoms with van der Waals surface area (Å²) in [6.07, 6.45) is -4.46. The van der Waals surface area contributed by atoms with Crippen LogP contribution in [0.25, 0.3) is 0 Å². The van der Waals surface area contributed by atoms with Gasteiger partial charge in [-0.3, -0.25) is 0 Å². The number of aryl methyl sites for hydroxylation is 1. The maximum atomic E-state index is 12.7. The van der Waals surface area contributed by atoms with Gasteiger partial charge in [-0.1, -0.05) is 6.07 Å². The Bertz CT molecular complexity index is 762. The first-order chi connectivity index (χ1) is 11.6. The van der Waals surface area contributed by atoms with Crippen molar-refractivity contribution < 1.29 is 18.0 Å². The second-order valence-corrected chi connectivity index (χ2v) is 5.58. The van der Waals surface area contributed by atoms with Gasteiger partial charge in [0.05, 0.1) is 17.8 Å². The van der Waals surface area contributed by atoms with Gasteiger partial charge in [0.25, 0.3) is 0 Å². The van der Waals surface area contributed by atoms with E-state index >= 15 is 0 Å². The van der Waals surface area contributed by atoms with Crippen LogP contribution in [-0.2, 0) is 12.7 Å². The van der Waals surface area contributed by atoms with Gasteiger partial charge in [0.2, 0.25) is 5.95 Å². The molecule has 134 valence electrons. The second-order valence-electron chi connectivity index (χ2n) is 5.58. The molecule has 0 aliphatic carbocycles. The van der Waals surface area contributed by atoms with Crippen LogP contribution in [-0.4, -0.2) is 30.1 Å². The third kappa shape index (κ3) is 5.33. The first kappa shape index (κ1) is 18.5. The minimum Gasteiger partial charge on any atom is -0.347 e.